The van der Waals surface area contributed by atoms with Gasteiger partial charge in [0, 0.05) is 31.4 Å². The van der Waals surface area contributed by atoms with Crippen molar-refractivity contribution in [3.05, 3.63) is 77.7 Å². The van der Waals surface area contributed by atoms with Crippen molar-refractivity contribution in [1.29, 1.82) is 0 Å². The number of rotatable bonds is 5. The molecule has 0 atom stereocenters. The zero-order valence-electron chi connectivity index (χ0n) is 18.5. The molecule has 1 aliphatic rings. The fourth-order valence-corrected chi connectivity index (χ4v) is 3.94. The third-order valence-electron chi connectivity index (χ3n) is 5.66. The van der Waals surface area contributed by atoms with E-state index >= 15 is 0 Å². The molecule has 11 heteroatoms. The highest BCUT2D eigenvalue weighted by molar-refractivity contribution is 6.07. The molecule has 35 heavy (non-hydrogen) atoms. The van der Waals surface area contributed by atoms with E-state index in [-0.39, 0.29) is 22.5 Å². The lowest BCUT2D eigenvalue weighted by molar-refractivity contribution is -0.137. The van der Waals surface area contributed by atoms with E-state index in [1.54, 1.807) is 12.1 Å². The molecule has 4 heterocycles. The summed E-state index contributed by atoms with van der Waals surface area (Å²) < 4.78 is 47.2. The molecule has 0 bridgehead atoms. The summed E-state index contributed by atoms with van der Waals surface area (Å²) in [7, 11) is 0. The number of fused-ring (bicyclic) bond motifs is 1. The molecule has 1 aliphatic heterocycles. The lowest BCUT2D eigenvalue weighted by Gasteiger charge is -2.26. The lowest BCUT2D eigenvalue weighted by Crippen LogP contribution is -2.35. The van der Waals surface area contributed by atoms with Crippen molar-refractivity contribution in [2.45, 2.75) is 12.7 Å². The number of anilines is 1. The highest BCUT2D eigenvalue weighted by atomic mass is 19.4. The molecule has 4 aromatic rings. The highest BCUT2D eigenvalue weighted by Gasteiger charge is 2.33. The van der Waals surface area contributed by atoms with Crippen LogP contribution < -0.4 is 5.32 Å². The monoisotopic (exact) mass is 482 g/mol. The standard InChI is InChI=1S/C24H21F3N6O2/c25-24(26,27)19-6-2-1-5-17(19)20-8-9-33-22(30-20)18(14-28-33)23(34)31-21-7-3-4-16(29-21)15-32-10-12-35-13-11-32/h1-9,14H,10-13,15H2,(H,29,31,34). The lowest BCUT2D eigenvalue weighted by atomic mass is 10.0. The topological polar surface area (TPSA) is 84.7 Å². The van der Waals surface area contributed by atoms with Crippen LogP contribution in [0.2, 0.25) is 0 Å². The zero-order chi connectivity index (χ0) is 24.4. The second-order valence-corrected chi connectivity index (χ2v) is 8.04. The van der Waals surface area contributed by atoms with Gasteiger partial charge in [0.15, 0.2) is 5.65 Å². The Balaban J connectivity index is 1.40. The first kappa shape index (κ1) is 22.9. The van der Waals surface area contributed by atoms with Gasteiger partial charge in [0.1, 0.15) is 11.4 Å². The molecule has 0 spiro atoms. The number of nitrogens with one attached hydrogen (secondary N) is 1. The van der Waals surface area contributed by atoms with Crippen molar-refractivity contribution >= 4 is 17.4 Å². The quantitative estimate of drug-likeness (QED) is 0.465. The Hall–Kier alpha value is -3.83. The molecule has 0 saturated carbocycles. The minimum atomic E-state index is -4.54. The van der Waals surface area contributed by atoms with Gasteiger partial charge in [-0.25, -0.2) is 14.5 Å². The second-order valence-electron chi connectivity index (χ2n) is 8.04. The van der Waals surface area contributed by atoms with E-state index in [0.29, 0.717) is 25.6 Å². The predicted octanol–water partition coefficient (Wildman–Crippen LogP) is 3.89. The average Bonchev–Trinajstić information content (AvgIpc) is 3.28. The summed E-state index contributed by atoms with van der Waals surface area (Å²) in [6.45, 7) is 3.60. The maximum atomic E-state index is 13.5. The number of carbonyl (C=O) groups is 1. The summed E-state index contributed by atoms with van der Waals surface area (Å²) in [5.74, 6) is -0.150. The molecule has 0 aliphatic carbocycles. The maximum Gasteiger partial charge on any atom is 0.417 e. The number of aromatic nitrogens is 4. The van der Waals surface area contributed by atoms with E-state index in [9.17, 15) is 18.0 Å². The molecule has 180 valence electrons. The molecular formula is C24H21F3N6O2. The van der Waals surface area contributed by atoms with Crippen LogP contribution in [0.25, 0.3) is 16.9 Å². The maximum absolute atomic E-state index is 13.5. The van der Waals surface area contributed by atoms with Crippen molar-refractivity contribution in [2.24, 2.45) is 0 Å². The number of amides is 1. The van der Waals surface area contributed by atoms with Crippen molar-refractivity contribution in [1.82, 2.24) is 24.5 Å². The van der Waals surface area contributed by atoms with Crippen LogP contribution in [0, 0.1) is 0 Å². The van der Waals surface area contributed by atoms with E-state index < -0.39 is 17.6 Å². The van der Waals surface area contributed by atoms with Gasteiger partial charge in [-0.1, -0.05) is 24.3 Å². The van der Waals surface area contributed by atoms with Crippen LogP contribution in [-0.2, 0) is 17.5 Å². The highest BCUT2D eigenvalue weighted by Crippen LogP contribution is 2.36. The zero-order valence-corrected chi connectivity index (χ0v) is 18.5. The fraction of sp³-hybridized carbons (Fsp3) is 0.250. The minimum Gasteiger partial charge on any atom is -0.379 e. The van der Waals surface area contributed by atoms with Gasteiger partial charge < -0.3 is 10.1 Å². The van der Waals surface area contributed by atoms with E-state index in [1.807, 2.05) is 6.07 Å². The number of morpholine rings is 1. The summed E-state index contributed by atoms with van der Waals surface area (Å²) in [6.07, 6.45) is -1.74. The Morgan fingerprint density at radius 1 is 1.03 bits per heavy atom. The summed E-state index contributed by atoms with van der Waals surface area (Å²) in [5, 5.41) is 6.86. The molecule has 5 rings (SSSR count). The third-order valence-corrected chi connectivity index (χ3v) is 5.66. The molecule has 3 aromatic heterocycles. The number of ether oxygens (including phenoxy) is 1. The van der Waals surface area contributed by atoms with E-state index in [1.165, 1.54) is 41.2 Å². The smallest absolute Gasteiger partial charge is 0.379 e. The summed E-state index contributed by atoms with van der Waals surface area (Å²) in [5.41, 5.74) is 0.272. The van der Waals surface area contributed by atoms with Crippen LogP contribution in [0.4, 0.5) is 19.0 Å². The molecule has 0 radical (unpaired) electrons. The molecule has 8 nitrogen and oxygen atoms in total. The number of hydrogen-bond donors (Lipinski definition) is 1. The van der Waals surface area contributed by atoms with Crippen LogP contribution in [0.1, 0.15) is 21.6 Å². The Bertz CT molecular complexity index is 1360. The Labute approximate surface area is 198 Å². The Kier molecular flexibility index (Phi) is 6.18. The summed E-state index contributed by atoms with van der Waals surface area (Å²) >= 11 is 0. The minimum absolute atomic E-state index is 0.0764. The number of pyridine rings is 1. The van der Waals surface area contributed by atoms with Crippen LogP contribution >= 0.6 is 0 Å². The van der Waals surface area contributed by atoms with Gasteiger partial charge >= 0.3 is 6.18 Å². The number of benzene rings is 1. The van der Waals surface area contributed by atoms with Gasteiger partial charge in [-0.2, -0.15) is 18.3 Å². The van der Waals surface area contributed by atoms with Crippen LogP contribution in [0.15, 0.2) is 60.9 Å². The van der Waals surface area contributed by atoms with Gasteiger partial charge in [-0.15, -0.1) is 0 Å². The molecule has 1 amide bonds. The normalized spacial score (nSPS) is 14.8. The second kappa shape index (κ2) is 9.43. The summed E-state index contributed by atoms with van der Waals surface area (Å²) in [6, 6.07) is 12.0. The fourth-order valence-electron chi connectivity index (χ4n) is 3.94. The van der Waals surface area contributed by atoms with E-state index in [0.717, 1.165) is 24.8 Å². The van der Waals surface area contributed by atoms with Crippen LogP contribution in [-0.4, -0.2) is 56.7 Å². The van der Waals surface area contributed by atoms with Crippen LogP contribution in [0.5, 0.6) is 0 Å². The van der Waals surface area contributed by atoms with E-state index in [2.05, 4.69) is 25.3 Å². The molecule has 1 saturated heterocycles. The van der Waals surface area contributed by atoms with Gasteiger partial charge in [0.25, 0.3) is 5.91 Å². The SMILES string of the molecule is O=C(Nc1cccc(CN2CCOCC2)n1)c1cnn2ccc(-c3ccccc3C(F)(F)F)nc12. The number of hydrogen-bond acceptors (Lipinski definition) is 6. The van der Waals surface area contributed by atoms with Crippen molar-refractivity contribution < 1.29 is 22.7 Å². The van der Waals surface area contributed by atoms with Gasteiger partial charge in [0.2, 0.25) is 0 Å². The Morgan fingerprint density at radius 3 is 2.63 bits per heavy atom. The van der Waals surface area contributed by atoms with Crippen molar-refractivity contribution in [2.75, 3.05) is 31.6 Å². The third kappa shape index (κ3) is 5.00. The molecule has 1 N–H and O–H groups in total. The molecule has 1 aromatic carbocycles. The number of nitrogens with zero attached hydrogens (tertiary/aromatic N) is 5. The Morgan fingerprint density at radius 2 is 1.83 bits per heavy atom. The summed E-state index contributed by atoms with van der Waals surface area (Å²) in [4.78, 5) is 24.1. The number of alkyl halides is 3. The largest absolute Gasteiger partial charge is 0.417 e. The average molecular weight is 482 g/mol. The first-order valence-electron chi connectivity index (χ1n) is 11.0. The molecular weight excluding hydrogens is 461 g/mol. The first-order chi connectivity index (χ1) is 16.9. The van der Waals surface area contributed by atoms with E-state index in [4.69, 9.17) is 4.74 Å². The number of carbonyl (C=O) groups excluding carboxylic acids is 1. The van der Waals surface area contributed by atoms with Gasteiger partial charge in [-0.05, 0) is 24.3 Å². The van der Waals surface area contributed by atoms with Gasteiger partial charge in [0.05, 0.1) is 36.4 Å². The number of halogens is 3. The predicted molar refractivity (Wildman–Crippen MR) is 122 cm³/mol. The van der Waals surface area contributed by atoms with Gasteiger partial charge in [-0.3, -0.25) is 9.69 Å². The van der Waals surface area contributed by atoms with Crippen molar-refractivity contribution in [3.8, 4) is 11.3 Å². The molecule has 1 fully saturated rings. The van der Waals surface area contributed by atoms with Crippen molar-refractivity contribution in [3.63, 3.8) is 0 Å². The first-order valence-corrected chi connectivity index (χ1v) is 11.0. The van der Waals surface area contributed by atoms with Crippen LogP contribution in [0.3, 0.4) is 0 Å². The molecule has 0 unspecified atom stereocenters.